The summed E-state index contributed by atoms with van der Waals surface area (Å²) in [5.74, 6) is 0.325. The first-order chi connectivity index (χ1) is 13.2. The highest BCUT2D eigenvalue weighted by molar-refractivity contribution is 7.12. The average Bonchev–Trinajstić information content (AvgIpc) is 3.22. The van der Waals surface area contributed by atoms with Gasteiger partial charge in [-0.2, -0.15) is 0 Å². The van der Waals surface area contributed by atoms with Crippen LogP contribution >= 0.6 is 11.3 Å². The molecule has 0 saturated carbocycles. The maximum absolute atomic E-state index is 12.5. The van der Waals surface area contributed by atoms with E-state index < -0.39 is 5.91 Å². The van der Waals surface area contributed by atoms with E-state index in [4.69, 9.17) is 9.47 Å². The van der Waals surface area contributed by atoms with Gasteiger partial charge in [0, 0.05) is 11.1 Å². The van der Waals surface area contributed by atoms with Gasteiger partial charge in [0.1, 0.15) is 18.1 Å². The molecule has 0 spiro atoms. The summed E-state index contributed by atoms with van der Waals surface area (Å²) in [6, 6.07) is 16.4. The Bertz CT molecular complexity index is 985. The normalized spacial score (nSPS) is 12.3. The molecule has 0 aliphatic carbocycles. The minimum absolute atomic E-state index is 0.366. The highest BCUT2D eigenvalue weighted by Crippen LogP contribution is 2.31. The topological polar surface area (TPSA) is 76.7 Å². The summed E-state index contributed by atoms with van der Waals surface area (Å²) in [6.45, 7) is 0.925. The van der Waals surface area contributed by atoms with Crippen LogP contribution < -0.4 is 20.3 Å². The van der Waals surface area contributed by atoms with Crippen LogP contribution in [0.25, 0.3) is 11.1 Å². The van der Waals surface area contributed by atoms with Crippen molar-refractivity contribution >= 4 is 23.2 Å². The van der Waals surface area contributed by atoms with Crippen LogP contribution in [0.15, 0.2) is 60.0 Å². The van der Waals surface area contributed by atoms with Gasteiger partial charge in [-0.15, -0.1) is 11.3 Å². The van der Waals surface area contributed by atoms with E-state index in [0.29, 0.717) is 35.2 Å². The third-order valence-electron chi connectivity index (χ3n) is 4.05. The van der Waals surface area contributed by atoms with Crippen LogP contribution in [0.1, 0.15) is 20.0 Å². The Hall–Kier alpha value is -3.32. The summed E-state index contributed by atoms with van der Waals surface area (Å²) in [5, 5.41) is 1.85. The molecule has 4 rings (SSSR count). The highest BCUT2D eigenvalue weighted by Gasteiger charge is 2.17. The van der Waals surface area contributed by atoms with Crippen LogP contribution in [0.2, 0.25) is 0 Å². The van der Waals surface area contributed by atoms with Crippen molar-refractivity contribution in [2.24, 2.45) is 0 Å². The molecule has 2 N–H and O–H groups in total. The van der Waals surface area contributed by atoms with Crippen LogP contribution in [-0.2, 0) is 0 Å². The maximum atomic E-state index is 12.5. The van der Waals surface area contributed by atoms with Crippen LogP contribution in [-0.4, -0.2) is 25.0 Å². The quantitative estimate of drug-likeness (QED) is 0.684. The molecule has 0 bridgehead atoms. The lowest BCUT2D eigenvalue weighted by molar-refractivity contribution is 0.0848. The van der Waals surface area contributed by atoms with Gasteiger partial charge in [-0.05, 0) is 35.2 Å². The summed E-state index contributed by atoms with van der Waals surface area (Å²) in [7, 11) is 0. The number of benzene rings is 2. The van der Waals surface area contributed by atoms with Crippen molar-refractivity contribution in [2.75, 3.05) is 13.2 Å². The molecule has 2 aromatic carbocycles. The fourth-order valence-corrected chi connectivity index (χ4v) is 3.57. The van der Waals surface area contributed by atoms with Crippen molar-refractivity contribution in [1.82, 2.24) is 10.9 Å². The van der Waals surface area contributed by atoms with E-state index in [1.54, 1.807) is 18.2 Å². The first-order valence-electron chi connectivity index (χ1n) is 8.35. The third kappa shape index (κ3) is 3.63. The van der Waals surface area contributed by atoms with Crippen molar-refractivity contribution in [1.29, 1.82) is 0 Å². The van der Waals surface area contributed by atoms with Gasteiger partial charge in [0.2, 0.25) is 0 Å². The van der Waals surface area contributed by atoms with Crippen LogP contribution in [0, 0.1) is 0 Å². The van der Waals surface area contributed by atoms with Crippen molar-refractivity contribution in [3.63, 3.8) is 0 Å². The summed E-state index contributed by atoms with van der Waals surface area (Å²) < 4.78 is 10.9. The number of thiophene rings is 1. The van der Waals surface area contributed by atoms with E-state index >= 15 is 0 Å². The van der Waals surface area contributed by atoms with Gasteiger partial charge in [-0.1, -0.05) is 30.3 Å². The predicted octanol–water partition coefficient (Wildman–Crippen LogP) is 3.26. The first-order valence-corrected chi connectivity index (χ1v) is 9.23. The number of hydrogen-bond donors (Lipinski definition) is 2. The zero-order valence-corrected chi connectivity index (χ0v) is 15.0. The van der Waals surface area contributed by atoms with Crippen molar-refractivity contribution in [2.45, 2.75) is 0 Å². The molecule has 0 unspecified atom stereocenters. The van der Waals surface area contributed by atoms with E-state index in [1.807, 2.05) is 41.8 Å². The second-order valence-corrected chi connectivity index (χ2v) is 6.71. The number of ether oxygens (including phenoxy) is 2. The Labute approximate surface area is 159 Å². The van der Waals surface area contributed by atoms with E-state index in [2.05, 4.69) is 10.9 Å². The fraction of sp³-hybridized carbons (Fsp3) is 0.100. The Balaban J connectivity index is 1.44. The molecule has 136 valence electrons. The number of amides is 2. The second kappa shape index (κ2) is 7.51. The molecular weight excluding hydrogens is 364 g/mol. The van der Waals surface area contributed by atoms with Gasteiger partial charge in [0.15, 0.2) is 11.5 Å². The lowest BCUT2D eigenvalue weighted by Crippen LogP contribution is -2.41. The average molecular weight is 380 g/mol. The smallest absolute Gasteiger partial charge is 0.280 e. The Morgan fingerprint density at radius 1 is 0.852 bits per heavy atom. The molecule has 1 aliphatic rings. The second-order valence-electron chi connectivity index (χ2n) is 5.80. The molecular formula is C20H16N2O4S. The highest BCUT2D eigenvalue weighted by atomic mass is 32.1. The van der Waals surface area contributed by atoms with E-state index in [1.165, 1.54) is 11.3 Å². The molecule has 3 aromatic rings. The Morgan fingerprint density at radius 3 is 2.41 bits per heavy atom. The number of hydrazine groups is 1. The molecule has 7 heteroatoms. The van der Waals surface area contributed by atoms with E-state index in [9.17, 15) is 9.59 Å². The summed E-state index contributed by atoms with van der Waals surface area (Å²) >= 11 is 1.32. The zero-order valence-electron chi connectivity index (χ0n) is 14.2. The third-order valence-corrected chi connectivity index (χ3v) is 4.96. The summed E-state index contributed by atoms with van der Waals surface area (Å²) in [4.78, 5) is 25.4. The van der Waals surface area contributed by atoms with Gasteiger partial charge < -0.3 is 9.47 Å². The minimum atomic E-state index is -0.432. The number of fused-ring (bicyclic) bond motifs is 1. The van der Waals surface area contributed by atoms with Gasteiger partial charge in [0.25, 0.3) is 11.8 Å². The molecule has 1 aliphatic heterocycles. The SMILES string of the molecule is O=C(NNC(=O)c1sccc1-c1ccccc1)c1ccc2c(c1)OCCO2. The lowest BCUT2D eigenvalue weighted by Gasteiger charge is -2.18. The van der Waals surface area contributed by atoms with Crippen molar-refractivity contribution < 1.29 is 19.1 Å². The largest absolute Gasteiger partial charge is 0.486 e. The fourth-order valence-electron chi connectivity index (χ4n) is 2.76. The van der Waals surface area contributed by atoms with Gasteiger partial charge in [-0.3, -0.25) is 20.4 Å². The van der Waals surface area contributed by atoms with Gasteiger partial charge >= 0.3 is 0 Å². The number of carbonyl (C=O) groups excluding carboxylic acids is 2. The maximum Gasteiger partial charge on any atom is 0.280 e. The molecule has 0 radical (unpaired) electrons. The monoisotopic (exact) mass is 380 g/mol. The first kappa shape index (κ1) is 17.1. The molecule has 0 atom stereocenters. The Morgan fingerprint density at radius 2 is 1.59 bits per heavy atom. The lowest BCUT2D eigenvalue weighted by atomic mass is 10.1. The number of nitrogens with one attached hydrogen (secondary N) is 2. The molecule has 6 nitrogen and oxygen atoms in total. The Kier molecular flexibility index (Phi) is 4.76. The van der Waals surface area contributed by atoms with E-state index in [-0.39, 0.29) is 5.91 Å². The van der Waals surface area contributed by atoms with E-state index in [0.717, 1.165) is 11.1 Å². The number of hydrogen-bond acceptors (Lipinski definition) is 5. The van der Waals surface area contributed by atoms with Crippen molar-refractivity contribution in [3.8, 4) is 22.6 Å². The van der Waals surface area contributed by atoms with Crippen LogP contribution in [0.5, 0.6) is 11.5 Å². The molecule has 0 fully saturated rings. The standard InChI is InChI=1S/C20H16N2O4S/c23-19(14-6-7-16-17(12-14)26-10-9-25-16)21-22-20(24)18-15(8-11-27-18)13-4-2-1-3-5-13/h1-8,11-12H,9-10H2,(H,21,23)(H,22,24). The molecule has 2 heterocycles. The van der Waals surface area contributed by atoms with Gasteiger partial charge in [-0.25, -0.2) is 0 Å². The van der Waals surface area contributed by atoms with Crippen LogP contribution in [0.3, 0.4) is 0 Å². The predicted molar refractivity (Wildman–Crippen MR) is 102 cm³/mol. The van der Waals surface area contributed by atoms with Crippen molar-refractivity contribution in [3.05, 3.63) is 70.4 Å². The van der Waals surface area contributed by atoms with Gasteiger partial charge in [0.05, 0.1) is 0 Å². The summed E-state index contributed by atoms with van der Waals surface area (Å²) in [6.07, 6.45) is 0. The number of carbonyl (C=O) groups is 2. The van der Waals surface area contributed by atoms with Crippen LogP contribution in [0.4, 0.5) is 0 Å². The summed E-state index contributed by atoms with van der Waals surface area (Å²) in [5.41, 5.74) is 7.06. The minimum Gasteiger partial charge on any atom is -0.486 e. The molecule has 27 heavy (non-hydrogen) atoms. The zero-order chi connectivity index (χ0) is 18.6. The molecule has 0 saturated heterocycles. The molecule has 2 amide bonds. The number of rotatable bonds is 3. The molecule has 1 aromatic heterocycles.